The lowest BCUT2D eigenvalue weighted by atomic mass is 10.1. The predicted molar refractivity (Wildman–Crippen MR) is 85.5 cm³/mol. The predicted octanol–water partition coefficient (Wildman–Crippen LogP) is 3.96. The van der Waals surface area contributed by atoms with E-state index in [1.165, 1.54) is 20.8 Å². The van der Waals surface area contributed by atoms with E-state index in [0.29, 0.717) is 0 Å². The highest BCUT2D eigenvalue weighted by Crippen LogP contribution is 2.23. The third-order valence-corrected chi connectivity index (χ3v) is 4.27. The van der Waals surface area contributed by atoms with E-state index in [9.17, 15) is 0 Å². The van der Waals surface area contributed by atoms with Crippen molar-refractivity contribution in [2.45, 2.75) is 20.3 Å². The van der Waals surface area contributed by atoms with Crippen LogP contribution in [0, 0.1) is 13.8 Å². The quantitative estimate of drug-likeness (QED) is 0.787. The zero-order valence-electron chi connectivity index (χ0n) is 11.7. The van der Waals surface area contributed by atoms with Crippen LogP contribution in [0.5, 0.6) is 0 Å². The molecule has 0 bridgehead atoms. The van der Waals surface area contributed by atoms with Crippen LogP contribution in [0.3, 0.4) is 0 Å². The molecule has 1 N–H and O–H groups in total. The van der Waals surface area contributed by atoms with Gasteiger partial charge < -0.3 is 5.32 Å². The highest BCUT2D eigenvalue weighted by atomic mass is 32.1. The van der Waals surface area contributed by atoms with Gasteiger partial charge in [0.1, 0.15) is 0 Å². The molecular weight excluding hydrogens is 266 g/mol. The van der Waals surface area contributed by atoms with E-state index < -0.39 is 0 Å². The number of aromatic nitrogens is 2. The molecule has 0 amide bonds. The molecule has 0 aliphatic heterocycles. The van der Waals surface area contributed by atoms with Gasteiger partial charge >= 0.3 is 0 Å². The molecule has 102 valence electrons. The van der Waals surface area contributed by atoms with Crippen molar-refractivity contribution < 1.29 is 0 Å². The number of anilines is 1. The lowest BCUT2D eigenvalue weighted by Gasteiger charge is -2.09. The number of para-hydroxylation sites is 1. The molecule has 20 heavy (non-hydrogen) atoms. The summed E-state index contributed by atoms with van der Waals surface area (Å²) in [5, 5.41) is 5.87. The largest absolute Gasteiger partial charge is 0.384 e. The average molecular weight is 283 g/mol. The Morgan fingerprint density at radius 3 is 2.85 bits per heavy atom. The maximum absolute atomic E-state index is 4.46. The number of thiazole rings is 1. The van der Waals surface area contributed by atoms with Crippen LogP contribution in [0.1, 0.15) is 15.4 Å². The van der Waals surface area contributed by atoms with Gasteiger partial charge in [-0.3, -0.25) is 4.98 Å². The lowest BCUT2D eigenvalue weighted by molar-refractivity contribution is 0.999. The average Bonchev–Trinajstić information content (AvgIpc) is 2.86. The number of pyridine rings is 1. The third kappa shape index (κ3) is 2.65. The van der Waals surface area contributed by atoms with Gasteiger partial charge in [-0.1, -0.05) is 18.2 Å². The summed E-state index contributed by atoms with van der Waals surface area (Å²) in [6.45, 7) is 5.07. The Morgan fingerprint density at radius 1 is 1.15 bits per heavy atom. The maximum Gasteiger partial charge on any atom is 0.0945 e. The van der Waals surface area contributed by atoms with Crippen LogP contribution in [0.25, 0.3) is 10.9 Å². The maximum atomic E-state index is 4.46. The number of fused-ring (bicyclic) bond motifs is 1. The van der Waals surface area contributed by atoms with Crippen molar-refractivity contribution in [2.75, 3.05) is 11.9 Å². The van der Waals surface area contributed by atoms with E-state index in [4.69, 9.17) is 0 Å². The summed E-state index contributed by atoms with van der Waals surface area (Å²) >= 11 is 1.77. The van der Waals surface area contributed by atoms with Crippen LogP contribution in [0.4, 0.5) is 5.69 Å². The number of hydrogen-bond donors (Lipinski definition) is 1. The summed E-state index contributed by atoms with van der Waals surface area (Å²) in [6.07, 6.45) is 4.75. The van der Waals surface area contributed by atoms with Gasteiger partial charge in [-0.2, -0.15) is 0 Å². The van der Waals surface area contributed by atoms with Gasteiger partial charge in [-0.25, -0.2) is 4.98 Å². The Balaban J connectivity index is 1.76. The molecule has 3 aromatic rings. The van der Waals surface area contributed by atoms with Crippen LogP contribution < -0.4 is 5.32 Å². The number of benzene rings is 1. The van der Waals surface area contributed by atoms with Gasteiger partial charge in [0.05, 0.1) is 10.5 Å². The van der Waals surface area contributed by atoms with Crippen molar-refractivity contribution in [3.63, 3.8) is 0 Å². The van der Waals surface area contributed by atoms with Crippen LogP contribution in [-0.2, 0) is 6.42 Å². The zero-order valence-corrected chi connectivity index (χ0v) is 12.5. The third-order valence-electron chi connectivity index (χ3n) is 3.30. The van der Waals surface area contributed by atoms with Crippen molar-refractivity contribution >= 4 is 27.9 Å². The molecule has 4 heteroatoms. The minimum Gasteiger partial charge on any atom is -0.384 e. The highest BCUT2D eigenvalue weighted by Gasteiger charge is 2.04. The topological polar surface area (TPSA) is 37.8 Å². The van der Waals surface area contributed by atoms with E-state index >= 15 is 0 Å². The first kappa shape index (κ1) is 13.1. The Labute approximate surface area is 122 Å². The first-order valence-electron chi connectivity index (χ1n) is 6.73. The zero-order chi connectivity index (χ0) is 13.9. The normalized spacial score (nSPS) is 10.9. The van der Waals surface area contributed by atoms with Crippen molar-refractivity contribution in [1.29, 1.82) is 0 Å². The first-order chi connectivity index (χ1) is 9.74. The van der Waals surface area contributed by atoms with E-state index in [1.54, 1.807) is 11.3 Å². The Morgan fingerprint density at radius 2 is 2.05 bits per heavy atom. The van der Waals surface area contributed by atoms with Crippen molar-refractivity contribution in [3.8, 4) is 0 Å². The lowest BCUT2D eigenvalue weighted by Crippen LogP contribution is -2.05. The van der Waals surface area contributed by atoms with Crippen molar-refractivity contribution in [3.05, 3.63) is 52.1 Å². The smallest absolute Gasteiger partial charge is 0.0945 e. The molecule has 0 saturated carbocycles. The molecule has 0 spiro atoms. The minimum absolute atomic E-state index is 0.889. The molecule has 3 rings (SSSR count). The molecule has 0 unspecified atom stereocenters. The van der Waals surface area contributed by atoms with Gasteiger partial charge in [0.2, 0.25) is 0 Å². The minimum atomic E-state index is 0.889. The number of hydrogen-bond acceptors (Lipinski definition) is 4. The Hall–Kier alpha value is -1.94. The molecule has 0 fully saturated rings. The first-order valence-corrected chi connectivity index (χ1v) is 7.55. The highest BCUT2D eigenvalue weighted by molar-refractivity contribution is 7.11. The standard InChI is InChI=1S/C16H17N3S/c1-11-4-3-5-13-14(6-8-18-16(11)13)17-9-7-15-19-10-12(2)20-15/h3-6,8,10H,7,9H2,1-2H3,(H,17,18). The van der Waals surface area contributed by atoms with E-state index in [1.807, 2.05) is 18.5 Å². The summed E-state index contributed by atoms with van der Waals surface area (Å²) in [5.41, 5.74) is 3.43. The van der Waals surface area contributed by atoms with Crippen LogP contribution in [-0.4, -0.2) is 16.5 Å². The van der Waals surface area contributed by atoms with Crippen LogP contribution in [0.2, 0.25) is 0 Å². The molecule has 1 aromatic carbocycles. The molecule has 0 saturated heterocycles. The fraction of sp³-hybridized carbons (Fsp3) is 0.250. The molecule has 0 atom stereocenters. The SMILES string of the molecule is Cc1cnc(CCNc2ccnc3c(C)cccc23)s1. The summed E-state index contributed by atoms with van der Waals surface area (Å²) in [6, 6.07) is 8.33. The summed E-state index contributed by atoms with van der Waals surface area (Å²) in [5.74, 6) is 0. The van der Waals surface area contributed by atoms with Crippen molar-refractivity contribution in [2.24, 2.45) is 0 Å². The number of rotatable bonds is 4. The number of nitrogens with zero attached hydrogens (tertiary/aromatic N) is 2. The Kier molecular flexibility index (Phi) is 3.65. The molecule has 2 heterocycles. The van der Waals surface area contributed by atoms with Gasteiger partial charge in [0.25, 0.3) is 0 Å². The second kappa shape index (κ2) is 5.59. The van der Waals surface area contributed by atoms with E-state index in [0.717, 1.165) is 24.2 Å². The number of nitrogens with one attached hydrogen (secondary N) is 1. The van der Waals surface area contributed by atoms with Gasteiger partial charge in [-0.15, -0.1) is 11.3 Å². The summed E-state index contributed by atoms with van der Waals surface area (Å²) in [7, 11) is 0. The Bertz CT molecular complexity index is 733. The van der Waals surface area contributed by atoms with Crippen LogP contribution >= 0.6 is 11.3 Å². The molecule has 0 aliphatic rings. The van der Waals surface area contributed by atoms with Gasteiger partial charge in [0.15, 0.2) is 0 Å². The fourth-order valence-corrected chi connectivity index (χ4v) is 3.09. The van der Waals surface area contributed by atoms with Crippen molar-refractivity contribution in [1.82, 2.24) is 9.97 Å². The fourth-order valence-electron chi connectivity index (χ4n) is 2.30. The molecule has 2 aromatic heterocycles. The molecule has 0 aliphatic carbocycles. The monoisotopic (exact) mass is 283 g/mol. The second-order valence-corrected chi connectivity index (χ2v) is 6.19. The van der Waals surface area contributed by atoms with Gasteiger partial charge in [0, 0.05) is 41.3 Å². The molecule has 3 nitrogen and oxygen atoms in total. The number of aryl methyl sites for hydroxylation is 2. The summed E-state index contributed by atoms with van der Waals surface area (Å²) in [4.78, 5) is 10.1. The second-order valence-electron chi connectivity index (χ2n) is 4.87. The molecular formula is C16H17N3S. The van der Waals surface area contributed by atoms with E-state index in [2.05, 4.69) is 47.3 Å². The van der Waals surface area contributed by atoms with Gasteiger partial charge in [-0.05, 0) is 25.5 Å². The molecule has 0 radical (unpaired) electrons. The van der Waals surface area contributed by atoms with Crippen LogP contribution in [0.15, 0.2) is 36.7 Å². The summed E-state index contributed by atoms with van der Waals surface area (Å²) < 4.78 is 0. The van der Waals surface area contributed by atoms with E-state index in [-0.39, 0.29) is 0 Å².